The van der Waals surface area contributed by atoms with Crippen molar-refractivity contribution in [3.63, 3.8) is 0 Å². The Morgan fingerprint density at radius 1 is 0.519 bits per heavy atom. The van der Waals surface area contributed by atoms with Crippen molar-refractivity contribution < 1.29 is 4.42 Å². The summed E-state index contributed by atoms with van der Waals surface area (Å²) in [5.41, 5.74) is 22.2. The van der Waals surface area contributed by atoms with E-state index in [1.54, 1.807) is 0 Å². The van der Waals surface area contributed by atoms with Gasteiger partial charge in [0.2, 0.25) is 5.89 Å². The van der Waals surface area contributed by atoms with Gasteiger partial charge in [-0.05, 0) is 115 Å². The number of benzene rings is 8. The average Bonchev–Trinajstić information content (AvgIpc) is 3.79. The standard InChI is InChI=1S/C51H36N2O/c1-2-13-35-30-36(23-28-47(35)52)50-53-48-29-24-34(32-49(48)54-50)40-27-26-39(41-18-9-10-19-42(40)41)33-22-25-44-43-20-11-12-21-45(43)51(46(44)31-33,37-14-5-3-6-15-37)38-16-7-4-8-17-38/h2-32H,52H2,1H3/b13-2-. The summed E-state index contributed by atoms with van der Waals surface area (Å²) in [4.78, 5) is 4.83. The molecule has 3 nitrogen and oxygen atoms in total. The third-order valence-corrected chi connectivity index (χ3v) is 11.1. The van der Waals surface area contributed by atoms with E-state index in [0.717, 1.165) is 39.0 Å². The van der Waals surface area contributed by atoms with Gasteiger partial charge in [0.25, 0.3) is 0 Å². The molecule has 3 heteroatoms. The summed E-state index contributed by atoms with van der Waals surface area (Å²) in [6.07, 6.45) is 3.98. The van der Waals surface area contributed by atoms with Crippen LogP contribution in [0.2, 0.25) is 0 Å². The third-order valence-electron chi connectivity index (χ3n) is 11.1. The molecule has 1 aromatic heterocycles. The first-order chi connectivity index (χ1) is 26.6. The van der Waals surface area contributed by atoms with Crippen LogP contribution in [0.15, 0.2) is 186 Å². The molecule has 0 saturated heterocycles. The highest BCUT2D eigenvalue weighted by molar-refractivity contribution is 6.06. The minimum Gasteiger partial charge on any atom is -0.436 e. The van der Waals surface area contributed by atoms with Crippen LogP contribution in [-0.4, -0.2) is 4.98 Å². The van der Waals surface area contributed by atoms with E-state index < -0.39 is 5.41 Å². The first kappa shape index (κ1) is 31.7. The molecule has 1 aliphatic carbocycles. The van der Waals surface area contributed by atoms with E-state index in [1.807, 2.05) is 37.3 Å². The lowest BCUT2D eigenvalue weighted by atomic mass is 9.67. The highest BCUT2D eigenvalue weighted by Crippen LogP contribution is 2.57. The monoisotopic (exact) mass is 692 g/mol. The SMILES string of the molecule is C/C=C\c1cc(-c2nc3ccc(-c4ccc(-c5ccc6c(c5)C(c5ccccc5)(c5ccccc5)c5ccccc5-6)c5ccccc45)cc3o2)ccc1N. The van der Waals surface area contributed by atoms with E-state index in [9.17, 15) is 0 Å². The molecule has 0 atom stereocenters. The van der Waals surface area contributed by atoms with Crippen LogP contribution >= 0.6 is 0 Å². The summed E-state index contributed by atoms with van der Waals surface area (Å²) in [5.74, 6) is 0.578. The van der Waals surface area contributed by atoms with Gasteiger partial charge in [-0.25, -0.2) is 4.98 Å². The van der Waals surface area contributed by atoms with Crippen molar-refractivity contribution >= 4 is 33.6 Å². The lowest BCUT2D eigenvalue weighted by Crippen LogP contribution is -2.28. The van der Waals surface area contributed by atoms with Crippen LogP contribution in [0.1, 0.15) is 34.7 Å². The normalized spacial score (nSPS) is 13.1. The Hall–Kier alpha value is -6.97. The maximum atomic E-state index is 6.38. The summed E-state index contributed by atoms with van der Waals surface area (Å²) in [6.45, 7) is 1.98. The van der Waals surface area contributed by atoms with Crippen LogP contribution in [0.3, 0.4) is 0 Å². The summed E-state index contributed by atoms with van der Waals surface area (Å²) in [6, 6.07) is 63.4. The van der Waals surface area contributed by atoms with Crippen LogP contribution in [-0.2, 0) is 5.41 Å². The predicted octanol–water partition coefficient (Wildman–Crippen LogP) is 13.0. The van der Waals surface area contributed by atoms with Crippen LogP contribution in [0.5, 0.6) is 0 Å². The number of oxazole rings is 1. The van der Waals surface area contributed by atoms with E-state index >= 15 is 0 Å². The zero-order chi connectivity index (χ0) is 36.2. The fourth-order valence-corrected chi connectivity index (χ4v) is 8.66. The molecule has 0 spiro atoms. The lowest BCUT2D eigenvalue weighted by molar-refractivity contribution is 0.620. The Bertz CT molecular complexity index is 2860. The number of aromatic nitrogens is 1. The van der Waals surface area contributed by atoms with Crippen molar-refractivity contribution in [3.8, 4) is 44.8 Å². The molecule has 2 N–H and O–H groups in total. The average molecular weight is 693 g/mol. The zero-order valence-corrected chi connectivity index (χ0v) is 29.8. The van der Waals surface area contributed by atoms with Crippen molar-refractivity contribution in [2.24, 2.45) is 0 Å². The number of rotatable bonds is 6. The number of allylic oxidation sites excluding steroid dienone is 1. The van der Waals surface area contributed by atoms with Crippen molar-refractivity contribution in [2.75, 3.05) is 5.73 Å². The zero-order valence-electron chi connectivity index (χ0n) is 29.8. The second-order valence-corrected chi connectivity index (χ2v) is 14.0. The van der Waals surface area contributed by atoms with Crippen molar-refractivity contribution in [1.29, 1.82) is 0 Å². The predicted molar refractivity (Wildman–Crippen MR) is 224 cm³/mol. The summed E-state index contributed by atoms with van der Waals surface area (Å²) < 4.78 is 6.38. The lowest BCUT2D eigenvalue weighted by Gasteiger charge is -2.34. The number of nitrogens with zero attached hydrogens (tertiary/aromatic N) is 1. The number of fused-ring (bicyclic) bond motifs is 5. The molecule has 10 rings (SSSR count). The molecule has 8 aromatic carbocycles. The van der Waals surface area contributed by atoms with E-state index in [1.165, 1.54) is 55.3 Å². The quantitative estimate of drug-likeness (QED) is 0.177. The van der Waals surface area contributed by atoms with Crippen LogP contribution in [0.25, 0.3) is 72.8 Å². The van der Waals surface area contributed by atoms with Gasteiger partial charge in [-0.2, -0.15) is 0 Å². The van der Waals surface area contributed by atoms with E-state index in [0.29, 0.717) is 5.89 Å². The molecule has 9 aromatic rings. The molecular weight excluding hydrogens is 657 g/mol. The Morgan fingerprint density at radius 3 is 1.80 bits per heavy atom. The molecule has 0 amide bonds. The van der Waals surface area contributed by atoms with E-state index in [4.69, 9.17) is 15.1 Å². The summed E-state index contributed by atoms with van der Waals surface area (Å²) in [5, 5.41) is 2.39. The van der Waals surface area contributed by atoms with E-state index in [2.05, 4.69) is 158 Å². The van der Waals surface area contributed by atoms with Gasteiger partial charge in [0.05, 0.1) is 5.41 Å². The molecule has 54 heavy (non-hydrogen) atoms. The first-order valence-electron chi connectivity index (χ1n) is 18.4. The molecular formula is C51H36N2O. The fourth-order valence-electron chi connectivity index (χ4n) is 8.66. The maximum absolute atomic E-state index is 6.38. The largest absolute Gasteiger partial charge is 0.436 e. The summed E-state index contributed by atoms with van der Waals surface area (Å²) in [7, 11) is 0. The molecule has 0 saturated carbocycles. The Morgan fingerprint density at radius 2 is 1.09 bits per heavy atom. The van der Waals surface area contributed by atoms with Gasteiger partial charge in [-0.3, -0.25) is 0 Å². The summed E-state index contributed by atoms with van der Waals surface area (Å²) >= 11 is 0. The van der Waals surface area contributed by atoms with Gasteiger partial charge in [0.1, 0.15) is 5.52 Å². The van der Waals surface area contributed by atoms with Gasteiger partial charge in [0, 0.05) is 11.3 Å². The molecule has 0 radical (unpaired) electrons. The highest BCUT2D eigenvalue weighted by Gasteiger charge is 2.46. The third kappa shape index (κ3) is 4.86. The topological polar surface area (TPSA) is 52.0 Å². The van der Waals surface area contributed by atoms with Crippen molar-refractivity contribution in [3.05, 3.63) is 210 Å². The van der Waals surface area contributed by atoms with E-state index in [-0.39, 0.29) is 0 Å². The molecule has 1 heterocycles. The number of hydrogen-bond acceptors (Lipinski definition) is 3. The Balaban J connectivity index is 1.12. The van der Waals surface area contributed by atoms with Gasteiger partial charge >= 0.3 is 0 Å². The van der Waals surface area contributed by atoms with Gasteiger partial charge in [-0.1, -0.05) is 152 Å². The Kier molecular flexibility index (Phi) is 7.41. The molecule has 1 aliphatic rings. The van der Waals surface area contributed by atoms with Gasteiger partial charge in [0.15, 0.2) is 5.58 Å². The molecule has 256 valence electrons. The first-order valence-corrected chi connectivity index (χ1v) is 18.4. The molecule has 0 unspecified atom stereocenters. The second kappa shape index (κ2) is 12.6. The smallest absolute Gasteiger partial charge is 0.227 e. The molecule has 0 bridgehead atoms. The van der Waals surface area contributed by atoms with Crippen LogP contribution in [0.4, 0.5) is 5.69 Å². The Labute approximate surface area is 314 Å². The number of hydrogen-bond donors (Lipinski definition) is 1. The molecule has 0 fully saturated rings. The van der Waals surface area contributed by atoms with Crippen molar-refractivity contribution in [1.82, 2.24) is 4.98 Å². The minimum atomic E-state index is -0.452. The van der Waals surface area contributed by atoms with Gasteiger partial charge < -0.3 is 10.2 Å². The number of nitrogen functional groups attached to an aromatic ring is 1. The molecule has 0 aliphatic heterocycles. The fraction of sp³-hybridized carbons (Fsp3) is 0.0392. The number of anilines is 1. The van der Waals surface area contributed by atoms with Crippen molar-refractivity contribution in [2.45, 2.75) is 12.3 Å². The number of nitrogens with two attached hydrogens (primary N) is 1. The second-order valence-electron chi connectivity index (χ2n) is 14.0. The maximum Gasteiger partial charge on any atom is 0.227 e. The highest BCUT2D eigenvalue weighted by atomic mass is 16.3. The van der Waals surface area contributed by atoms with Crippen LogP contribution < -0.4 is 5.73 Å². The van der Waals surface area contributed by atoms with Crippen LogP contribution in [0, 0.1) is 0 Å². The minimum absolute atomic E-state index is 0.452. The van der Waals surface area contributed by atoms with Gasteiger partial charge in [-0.15, -0.1) is 0 Å².